The molecule has 80 heavy (non-hydrogen) atoms. The van der Waals surface area contributed by atoms with Gasteiger partial charge in [0.05, 0.1) is 51.2 Å². The van der Waals surface area contributed by atoms with Crippen LogP contribution in [0.15, 0.2) is 66.8 Å². The third kappa shape index (κ3) is 8.97. The van der Waals surface area contributed by atoms with E-state index in [1.54, 1.807) is 24.1 Å². The van der Waals surface area contributed by atoms with Crippen molar-refractivity contribution in [2.75, 3.05) is 45.9 Å². The molecule has 3 fully saturated rings. The molecule has 426 valence electrons. The van der Waals surface area contributed by atoms with E-state index in [2.05, 4.69) is 55.7 Å². The van der Waals surface area contributed by atoms with Crippen LogP contribution in [0.4, 0.5) is 5.69 Å². The van der Waals surface area contributed by atoms with Gasteiger partial charge in [-0.05, 0) is 110 Å². The lowest BCUT2D eigenvalue weighted by molar-refractivity contribution is -0.153. The number of ether oxygens (including phenoxy) is 5. The lowest BCUT2D eigenvalue weighted by Crippen LogP contribution is -2.64. The second-order valence-electron chi connectivity index (χ2n) is 24.8. The molecular formula is C66H81N3O11. The number of hydrogen-bond acceptors (Lipinski definition) is 13. The summed E-state index contributed by atoms with van der Waals surface area (Å²) >= 11 is 0. The lowest BCUT2D eigenvalue weighted by atomic mass is 9.47. The average Bonchev–Trinajstić information content (AvgIpc) is 3.85. The van der Waals surface area contributed by atoms with Crippen LogP contribution in [0.25, 0.3) is 17.2 Å². The summed E-state index contributed by atoms with van der Waals surface area (Å²) in [5.74, 6) is 1.31. The zero-order chi connectivity index (χ0) is 55.7. The molecule has 3 heterocycles. The number of rotatable bonds is 17. The number of benzene rings is 4. The highest BCUT2D eigenvalue weighted by Crippen LogP contribution is 2.62. The molecular weight excluding hydrogens is 1010 g/mol. The monoisotopic (exact) mass is 1090 g/mol. The lowest BCUT2D eigenvalue weighted by Gasteiger charge is -2.60. The number of nitrogens with zero attached hydrogens (tertiary/aromatic N) is 1. The predicted molar refractivity (Wildman–Crippen MR) is 306 cm³/mol. The largest absolute Gasteiger partial charge is 0.502 e. The van der Waals surface area contributed by atoms with E-state index in [4.69, 9.17) is 23.7 Å². The van der Waals surface area contributed by atoms with Gasteiger partial charge in [-0.3, -0.25) is 19.8 Å². The third-order valence-electron chi connectivity index (χ3n) is 20.2. The average molecular weight is 1090 g/mol. The fourth-order valence-electron chi connectivity index (χ4n) is 16.7. The Labute approximate surface area is 470 Å². The molecule has 0 saturated heterocycles. The first-order valence-corrected chi connectivity index (χ1v) is 29.9. The molecule has 0 radical (unpaired) electrons. The number of aliphatic hydroxyl groups excluding tert-OH is 3. The van der Waals surface area contributed by atoms with Crippen LogP contribution in [0.5, 0.6) is 34.5 Å². The van der Waals surface area contributed by atoms with Crippen molar-refractivity contribution in [3.05, 3.63) is 106 Å². The summed E-state index contributed by atoms with van der Waals surface area (Å²) in [5, 5.41) is 55.8. The Balaban J connectivity index is 0.873. The number of carbonyl (C=O) groups excluding carboxylic acids is 2. The Bertz CT molecular complexity index is 3090. The second-order valence-corrected chi connectivity index (χ2v) is 24.8. The van der Waals surface area contributed by atoms with Gasteiger partial charge in [0.15, 0.2) is 23.5 Å². The van der Waals surface area contributed by atoms with Crippen LogP contribution >= 0.6 is 0 Å². The Morgan fingerprint density at radius 2 is 1.59 bits per heavy atom. The molecule has 0 bridgehead atoms. The molecule has 14 nitrogen and oxygen atoms in total. The molecule has 4 aromatic carbocycles. The van der Waals surface area contributed by atoms with E-state index in [-0.39, 0.29) is 60.7 Å². The maximum atomic E-state index is 13.7. The van der Waals surface area contributed by atoms with Crippen LogP contribution in [-0.2, 0) is 27.8 Å². The number of fused-ring (bicyclic) bond motifs is 5. The van der Waals surface area contributed by atoms with Crippen LogP contribution in [0.2, 0.25) is 0 Å². The number of anilines is 1. The van der Waals surface area contributed by atoms with Gasteiger partial charge in [0.2, 0.25) is 5.75 Å². The van der Waals surface area contributed by atoms with Gasteiger partial charge >= 0.3 is 0 Å². The molecule has 5 aliphatic carbocycles. The number of methoxy groups -OCH3 is 2. The Morgan fingerprint density at radius 1 is 0.838 bits per heavy atom. The highest BCUT2D eigenvalue weighted by atomic mass is 16.5. The van der Waals surface area contributed by atoms with Crippen molar-refractivity contribution in [3.8, 4) is 45.6 Å². The minimum absolute atomic E-state index is 0.0329. The van der Waals surface area contributed by atoms with Crippen molar-refractivity contribution in [2.45, 2.75) is 158 Å². The number of nitrogens with one attached hydrogen (secondary N) is 2. The highest BCUT2D eigenvalue weighted by molar-refractivity contribution is 6.13. The number of aliphatic hydroxyl groups is 3. The second kappa shape index (κ2) is 21.7. The molecule has 3 aliphatic heterocycles. The number of phenolic OH excluding ortho intramolecular Hbond substituents is 1. The van der Waals surface area contributed by atoms with Gasteiger partial charge < -0.3 is 49.4 Å². The summed E-state index contributed by atoms with van der Waals surface area (Å²) in [7, 11) is 3.18. The Kier molecular flexibility index (Phi) is 14.8. The molecule has 3 saturated carbocycles. The van der Waals surface area contributed by atoms with Gasteiger partial charge in [-0.1, -0.05) is 102 Å². The molecule has 14 heteroatoms. The van der Waals surface area contributed by atoms with E-state index in [1.807, 2.05) is 24.3 Å². The van der Waals surface area contributed by atoms with Crippen molar-refractivity contribution in [1.82, 2.24) is 10.2 Å². The number of allylic oxidation sites excluding steroid dienone is 1. The third-order valence-corrected chi connectivity index (χ3v) is 20.2. The van der Waals surface area contributed by atoms with Gasteiger partial charge in [0.25, 0.3) is 11.8 Å². The summed E-state index contributed by atoms with van der Waals surface area (Å²) in [6.45, 7) is 7.33. The Morgan fingerprint density at radius 3 is 2.34 bits per heavy atom. The van der Waals surface area contributed by atoms with Gasteiger partial charge in [-0.2, -0.15) is 0 Å². The van der Waals surface area contributed by atoms with Crippen molar-refractivity contribution in [2.24, 2.45) is 29.6 Å². The molecule has 2 amide bonds. The van der Waals surface area contributed by atoms with Crippen LogP contribution in [0, 0.1) is 29.6 Å². The van der Waals surface area contributed by atoms with Crippen LogP contribution in [-0.4, -0.2) is 89.0 Å². The van der Waals surface area contributed by atoms with E-state index in [0.717, 1.165) is 117 Å². The van der Waals surface area contributed by atoms with Crippen molar-refractivity contribution in [1.29, 1.82) is 0 Å². The molecule has 9 atom stereocenters. The standard InChI is InChI=1S/C66H81N3O11/c1-6-67-65(28-12-14-39(34-65)19-18-38(2)3)80-52-33-50(76-4)43-21-22-44-57-49(68-63(75)60(52)59(43)57)32-51-58(44)61(73)45(37-79-51)41-30-53(77-5)62(74)54(31-41)78-36-42(35-70)66-29-13-17-47(48(66)23-20-40-15-8-9-16-46(40)66)64(26-10-7-11-27-64)69-55(71)24-25-56(69)72/h8-9,15-16,20,23-25,30-33,38-39,42,45,47-48,61,63,67-68,70,73-75H,6-7,10-14,17-19,21-22,26-29,34-37H2,1-5H3. The quantitative estimate of drug-likeness (QED) is 0.0433. The fraction of sp³-hybridized carbons (Fsp3) is 0.545. The summed E-state index contributed by atoms with van der Waals surface area (Å²) in [5.41, 5.74) is 6.61. The van der Waals surface area contributed by atoms with Crippen LogP contribution in [0.3, 0.4) is 0 Å². The first kappa shape index (κ1) is 54.5. The Hall–Kier alpha value is -6.06. The molecule has 12 rings (SSSR count). The van der Waals surface area contributed by atoms with E-state index in [9.17, 15) is 30.0 Å². The summed E-state index contributed by atoms with van der Waals surface area (Å²) in [4.78, 5) is 28.9. The summed E-state index contributed by atoms with van der Waals surface area (Å²) < 4.78 is 32.7. The minimum Gasteiger partial charge on any atom is -0.502 e. The zero-order valence-electron chi connectivity index (χ0n) is 47.3. The topological polar surface area (TPSA) is 189 Å². The number of carbonyl (C=O) groups is 2. The van der Waals surface area contributed by atoms with E-state index in [1.165, 1.54) is 32.1 Å². The number of imide groups is 1. The zero-order valence-corrected chi connectivity index (χ0v) is 47.3. The number of amides is 2. The van der Waals surface area contributed by atoms with Gasteiger partial charge in [0, 0.05) is 82.3 Å². The first-order valence-electron chi connectivity index (χ1n) is 29.9. The SMILES string of the molecule is CCNC1(Oc2cc(OC)c3c4c2C(O)Nc2cc5c(c(c2-4)CC3)C(O)C(c2cc(OC)c(O)c(OCC(CO)C34CCCC(C6(N7C(=O)C=CC7=O)CCCCC6)C3C=Cc3ccccc34)c2)CO5)CCCC(CCC(C)C)C1. The highest BCUT2D eigenvalue weighted by Gasteiger charge is 2.60. The smallest absolute Gasteiger partial charge is 0.254 e. The summed E-state index contributed by atoms with van der Waals surface area (Å²) in [6, 6.07) is 15.7. The molecule has 8 aliphatic rings. The van der Waals surface area contributed by atoms with Crippen molar-refractivity contribution in [3.63, 3.8) is 0 Å². The maximum absolute atomic E-state index is 13.7. The summed E-state index contributed by atoms with van der Waals surface area (Å²) in [6.07, 6.45) is 19.4. The molecule has 0 aromatic heterocycles. The van der Waals surface area contributed by atoms with Gasteiger partial charge in [-0.25, -0.2) is 0 Å². The molecule has 0 spiro atoms. The maximum Gasteiger partial charge on any atom is 0.254 e. The number of aromatic hydroxyl groups is 1. The van der Waals surface area contributed by atoms with Crippen LogP contribution in [0.1, 0.15) is 168 Å². The van der Waals surface area contributed by atoms with Crippen LogP contribution < -0.4 is 34.3 Å². The normalized spacial score (nSPS) is 28.2. The predicted octanol–water partition coefficient (Wildman–Crippen LogP) is 11.1. The van der Waals surface area contributed by atoms with Crippen molar-refractivity contribution >= 4 is 23.6 Å². The van der Waals surface area contributed by atoms with E-state index in [0.29, 0.717) is 64.3 Å². The fourth-order valence-corrected chi connectivity index (χ4v) is 16.7. The minimum atomic E-state index is -1.08. The molecule has 6 N–H and O–H groups in total. The van der Waals surface area contributed by atoms with Gasteiger partial charge in [0.1, 0.15) is 17.2 Å². The van der Waals surface area contributed by atoms with Crippen molar-refractivity contribution < 1.29 is 53.7 Å². The van der Waals surface area contributed by atoms with Gasteiger partial charge in [-0.15, -0.1) is 0 Å². The first-order chi connectivity index (χ1) is 38.8. The molecule has 4 aromatic rings. The number of phenols is 1. The molecule has 9 unspecified atom stereocenters. The van der Waals surface area contributed by atoms with E-state index < -0.39 is 40.8 Å². The number of hydrogen-bond donors (Lipinski definition) is 6. The van der Waals surface area contributed by atoms with E-state index >= 15 is 0 Å².